The maximum absolute atomic E-state index is 13.3. The van der Waals surface area contributed by atoms with E-state index in [-0.39, 0.29) is 12.7 Å². The summed E-state index contributed by atoms with van der Waals surface area (Å²) in [7, 11) is 1.88. The van der Waals surface area contributed by atoms with E-state index < -0.39 is 0 Å². The molecular formula is C20H20N4O3. The van der Waals surface area contributed by atoms with Crippen LogP contribution in [0.3, 0.4) is 0 Å². The molecule has 1 aromatic carbocycles. The van der Waals surface area contributed by atoms with Crippen molar-refractivity contribution in [1.82, 2.24) is 19.7 Å². The first-order chi connectivity index (χ1) is 13.1. The smallest absolute Gasteiger partial charge is 0.254 e. The number of hydrogen-bond acceptors (Lipinski definition) is 5. The number of pyridine rings is 1. The van der Waals surface area contributed by atoms with Crippen molar-refractivity contribution in [2.45, 2.75) is 20.0 Å². The molecule has 0 N–H and O–H groups in total. The summed E-state index contributed by atoms with van der Waals surface area (Å²) >= 11 is 0. The van der Waals surface area contributed by atoms with Crippen LogP contribution >= 0.6 is 0 Å². The first-order valence-electron chi connectivity index (χ1n) is 8.67. The second-order valence-corrected chi connectivity index (χ2v) is 6.49. The number of ether oxygens (including phenoxy) is 2. The number of amides is 1. The van der Waals surface area contributed by atoms with Crippen molar-refractivity contribution in [3.63, 3.8) is 0 Å². The number of carbonyl (C=O) groups is 1. The number of nitrogens with zero attached hydrogens (tertiary/aromatic N) is 4. The molecule has 138 valence electrons. The van der Waals surface area contributed by atoms with E-state index in [1.54, 1.807) is 40.2 Å². The van der Waals surface area contributed by atoms with Gasteiger partial charge in [0.2, 0.25) is 6.79 Å². The van der Waals surface area contributed by atoms with Crippen LogP contribution in [-0.2, 0) is 20.1 Å². The third-order valence-corrected chi connectivity index (χ3v) is 4.45. The number of carbonyl (C=O) groups excluding carboxylic acids is 1. The van der Waals surface area contributed by atoms with E-state index in [4.69, 9.17) is 9.47 Å². The monoisotopic (exact) mass is 364 g/mol. The minimum atomic E-state index is -0.0870. The second-order valence-electron chi connectivity index (χ2n) is 6.49. The van der Waals surface area contributed by atoms with E-state index >= 15 is 0 Å². The molecule has 3 aromatic rings. The summed E-state index contributed by atoms with van der Waals surface area (Å²) in [6.45, 7) is 3.01. The Hall–Kier alpha value is -3.35. The van der Waals surface area contributed by atoms with Crippen molar-refractivity contribution in [2.75, 3.05) is 6.79 Å². The molecule has 1 aliphatic rings. The van der Waals surface area contributed by atoms with Crippen LogP contribution in [-0.4, -0.2) is 32.4 Å². The van der Waals surface area contributed by atoms with Crippen LogP contribution in [0.2, 0.25) is 0 Å². The van der Waals surface area contributed by atoms with Crippen LogP contribution in [0.4, 0.5) is 0 Å². The summed E-state index contributed by atoms with van der Waals surface area (Å²) in [5.74, 6) is 1.17. The van der Waals surface area contributed by atoms with E-state index in [0.717, 1.165) is 17.0 Å². The van der Waals surface area contributed by atoms with E-state index in [0.29, 0.717) is 30.2 Å². The average molecular weight is 364 g/mol. The van der Waals surface area contributed by atoms with Crippen LogP contribution in [0.15, 0.2) is 48.8 Å². The summed E-state index contributed by atoms with van der Waals surface area (Å²) in [5, 5.41) is 4.38. The zero-order chi connectivity index (χ0) is 18.8. The fourth-order valence-corrected chi connectivity index (χ4v) is 3.13. The van der Waals surface area contributed by atoms with Crippen LogP contribution in [0.5, 0.6) is 11.5 Å². The van der Waals surface area contributed by atoms with E-state index in [2.05, 4.69) is 10.1 Å². The summed E-state index contributed by atoms with van der Waals surface area (Å²) in [6, 6.07) is 11.1. The van der Waals surface area contributed by atoms with Gasteiger partial charge in [-0.25, -0.2) is 0 Å². The minimum Gasteiger partial charge on any atom is -0.454 e. The van der Waals surface area contributed by atoms with Gasteiger partial charge in [0.05, 0.1) is 17.9 Å². The molecule has 4 rings (SSSR count). The molecule has 27 heavy (non-hydrogen) atoms. The Morgan fingerprint density at radius 1 is 1.19 bits per heavy atom. The first kappa shape index (κ1) is 17.1. The van der Waals surface area contributed by atoms with Gasteiger partial charge in [0.15, 0.2) is 11.5 Å². The van der Waals surface area contributed by atoms with Gasteiger partial charge in [0.1, 0.15) is 0 Å². The van der Waals surface area contributed by atoms with Gasteiger partial charge in [0.25, 0.3) is 5.91 Å². The lowest BCUT2D eigenvalue weighted by atomic mass is 10.1. The number of hydrogen-bond donors (Lipinski definition) is 0. The van der Waals surface area contributed by atoms with Gasteiger partial charge in [-0.15, -0.1) is 0 Å². The predicted octanol–water partition coefficient (Wildman–Crippen LogP) is 2.69. The van der Waals surface area contributed by atoms with Crippen LogP contribution in [0.1, 0.15) is 27.3 Å². The highest BCUT2D eigenvalue weighted by Gasteiger charge is 2.22. The summed E-state index contributed by atoms with van der Waals surface area (Å²) in [6.07, 6.45) is 3.49. The predicted molar refractivity (Wildman–Crippen MR) is 98.3 cm³/mol. The van der Waals surface area contributed by atoms with Crippen molar-refractivity contribution in [3.05, 3.63) is 71.3 Å². The molecule has 0 spiro atoms. The van der Waals surface area contributed by atoms with Crippen LogP contribution in [0, 0.1) is 6.92 Å². The highest BCUT2D eigenvalue weighted by atomic mass is 16.7. The summed E-state index contributed by atoms with van der Waals surface area (Å²) < 4.78 is 12.6. The molecular weight excluding hydrogens is 344 g/mol. The molecule has 0 saturated heterocycles. The van der Waals surface area contributed by atoms with Gasteiger partial charge in [-0.2, -0.15) is 5.10 Å². The fourth-order valence-electron chi connectivity index (χ4n) is 3.13. The van der Waals surface area contributed by atoms with E-state index in [1.165, 1.54) is 0 Å². The quantitative estimate of drug-likeness (QED) is 0.696. The molecule has 3 heterocycles. The molecule has 0 fully saturated rings. The molecule has 1 amide bonds. The standard InChI is InChI=1S/C20H20N4O3/c1-14-8-17(23(2)22-14)12-24(11-15-4-3-7-21-10-15)20(25)16-5-6-18-19(9-16)27-13-26-18/h3-10H,11-13H2,1-2H3. The molecule has 1 aliphatic heterocycles. The number of fused-ring (bicyclic) bond motifs is 1. The van der Waals surface area contributed by atoms with Gasteiger partial charge < -0.3 is 14.4 Å². The SMILES string of the molecule is Cc1cc(CN(Cc2cccnc2)C(=O)c2ccc3c(c2)OCO3)n(C)n1. The molecule has 7 nitrogen and oxygen atoms in total. The lowest BCUT2D eigenvalue weighted by Crippen LogP contribution is -2.31. The Bertz CT molecular complexity index is 969. The normalized spacial score (nSPS) is 12.2. The van der Waals surface area contributed by atoms with Crippen LogP contribution < -0.4 is 9.47 Å². The average Bonchev–Trinajstić information content (AvgIpc) is 3.26. The van der Waals surface area contributed by atoms with Crippen LogP contribution in [0.25, 0.3) is 0 Å². The highest BCUT2D eigenvalue weighted by Crippen LogP contribution is 2.33. The maximum Gasteiger partial charge on any atom is 0.254 e. The lowest BCUT2D eigenvalue weighted by Gasteiger charge is -2.23. The third-order valence-electron chi connectivity index (χ3n) is 4.45. The molecule has 0 radical (unpaired) electrons. The fraction of sp³-hybridized carbons (Fsp3) is 0.250. The Morgan fingerprint density at radius 3 is 2.78 bits per heavy atom. The van der Waals surface area contributed by atoms with Gasteiger partial charge in [-0.3, -0.25) is 14.5 Å². The lowest BCUT2D eigenvalue weighted by molar-refractivity contribution is 0.0725. The number of rotatable bonds is 5. The van der Waals surface area contributed by atoms with Gasteiger partial charge >= 0.3 is 0 Å². The Balaban J connectivity index is 1.63. The van der Waals surface area contributed by atoms with Crippen molar-refractivity contribution in [1.29, 1.82) is 0 Å². The van der Waals surface area contributed by atoms with E-state index in [9.17, 15) is 4.79 Å². The molecule has 7 heteroatoms. The number of aryl methyl sites for hydroxylation is 2. The summed E-state index contributed by atoms with van der Waals surface area (Å²) in [5.41, 5.74) is 3.40. The Morgan fingerprint density at radius 2 is 2.04 bits per heavy atom. The zero-order valence-electron chi connectivity index (χ0n) is 15.3. The third kappa shape index (κ3) is 3.62. The molecule has 0 aliphatic carbocycles. The summed E-state index contributed by atoms with van der Waals surface area (Å²) in [4.78, 5) is 19.2. The van der Waals surface area contributed by atoms with Gasteiger partial charge in [-0.1, -0.05) is 6.07 Å². The van der Waals surface area contributed by atoms with Gasteiger partial charge in [0, 0.05) is 31.5 Å². The van der Waals surface area contributed by atoms with E-state index in [1.807, 2.05) is 32.2 Å². The molecule has 0 bridgehead atoms. The van der Waals surface area contributed by atoms with Crippen molar-refractivity contribution >= 4 is 5.91 Å². The van der Waals surface area contributed by atoms with Crippen molar-refractivity contribution in [3.8, 4) is 11.5 Å². The maximum atomic E-state index is 13.3. The molecule has 0 atom stereocenters. The van der Waals surface area contributed by atoms with Crippen molar-refractivity contribution in [2.24, 2.45) is 7.05 Å². The molecule has 0 saturated carbocycles. The minimum absolute atomic E-state index is 0.0870. The Labute approximate surface area is 157 Å². The van der Waals surface area contributed by atoms with Gasteiger partial charge in [-0.05, 0) is 42.8 Å². The zero-order valence-corrected chi connectivity index (χ0v) is 15.3. The largest absolute Gasteiger partial charge is 0.454 e. The molecule has 2 aromatic heterocycles. The van der Waals surface area contributed by atoms with Crippen molar-refractivity contribution < 1.29 is 14.3 Å². The first-order valence-corrected chi connectivity index (χ1v) is 8.67. The Kier molecular flexibility index (Phi) is 4.50. The topological polar surface area (TPSA) is 69.5 Å². The second kappa shape index (κ2) is 7.11. The number of aromatic nitrogens is 3. The molecule has 0 unspecified atom stereocenters. The highest BCUT2D eigenvalue weighted by molar-refractivity contribution is 5.95. The number of benzene rings is 1.